The van der Waals surface area contributed by atoms with Gasteiger partial charge in [-0.2, -0.15) is 0 Å². The minimum atomic E-state index is -0.180. The van der Waals surface area contributed by atoms with Crippen molar-refractivity contribution in [1.82, 2.24) is 15.0 Å². The van der Waals surface area contributed by atoms with Crippen LogP contribution in [0.15, 0.2) is 10.6 Å². The summed E-state index contributed by atoms with van der Waals surface area (Å²) < 4.78 is 5.35. The van der Waals surface area contributed by atoms with Crippen molar-refractivity contribution in [3.05, 3.63) is 17.5 Å². The number of hydrogen-bond acceptors (Lipinski definition) is 5. The Balaban J connectivity index is 1.43. The zero-order valence-corrected chi connectivity index (χ0v) is 15.3. The van der Waals surface area contributed by atoms with Gasteiger partial charge >= 0.3 is 0 Å². The summed E-state index contributed by atoms with van der Waals surface area (Å²) in [7, 11) is 1.84. The third-order valence-corrected chi connectivity index (χ3v) is 5.64. The summed E-state index contributed by atoms with van der Waals surface area (Å²) in [6, 6.07) is 1.76. The summed E-state index contributed by atoms with van der Waals surface area (Å²) in [5, 5.41) is 13.5. The van der Waals surface area contributed by atoms with Gasteiger partial charge in [0.2, 0.25) is 0 Å². The molecule has 1 amide bonds. The Morgan fingerprint density at radius 2 is 2.04 bits per heavy atom. The number of aliphatic hydroxyl groups excluding tert-OH is 1. The van der Waals surface area contributed by atoms with Crippen molar-refractivity contribution in [1.29, 1.82) is 0 Å². The maximum atomic E-state index is 12.5. The first-order valence-electron chi connectivity index (χ1n) is 9.73. The van der Waals surface area contributed by atoms with Gasteiger partial charge in [0.25, 0.3) is 5.91 Å². The van der Waals surface area contributed by atoms with E-state index in [-0.39, 0.29) is 12.0 Å². The van der Waals surface area contributed by atoms with Crippen LogP contribution in [-0.2, 0) is 6.54 Å². The van der Waals surface area contributed by atoms with Crippen LogP contribution >= 0.6 is 0 Å². The molecule has 2 fully saturated rings. The molecular weight excluding hydrogens is 318 g/mol. The number of piperidine rings is 1. The summed E-state index contributed by atoms with van der Waals surface area (Å²) in [6.45, 7) is 3.14. The van der Waals surface area contributed by atoms with Gasteiger partial charge in [-0.25, -0.2) is 0 Å². The summed E-state index contributed by atoms with van der Waals surface area (Å²) in [6.07, 6.45) is 9.16. The second kappa shape index (κ2) is 8.81. The highest BCUT2D eigenvalue weighted by Crippen LogP contribution is 2.28. The monoisotopic (exact) mass is 349 g/mol. The standard InChI is InChI=1S/C19H31N3O3/c1-21(10-4-7-15-5-2-3-6-15)19(24)18-13-17(25-20-18)14-22-11-8-16(23)9-12-22/h13,15-16,23H,2-12,14H2,1H3. The van der Waals surface area contributed by atoms with Crippen LogP contribution in [0.2, 0.25) is 0 Å². The molecule has 140 valence electrons. The largest absolute Gasteiger partial charge is 0.393 e. The van der Waals surface area contributed by atoms with Gasteiger partial charge < -0.3 is 14.5 Å². The lowest BCUT2D eigenvalue weighted by atomic mass is 10.0. The molecule has 25 heavy (non-hydrogen) atoms. The minimum Gasteiger partial charge on any atom is -0.393 e. The van der Waals surface area contributed by atoms with E-state index in [2.05, 4.69) is 10.1 Å². The Hall–Kier alpha value is -1.40. The maximum Gasteiger partial charge on any atom is 0.275 e. The van der Waals surface area contributed by atoms with E-state index in [0.717, 1.165) is 50.6 Å². The first kappa shape index (κ1) is 18.4. The summed E-state index contributed by atoms with van der Waals surface area (Å²) in [5.41, 5.74) is 0.399. The molecule has 0 radical (unpaired) electrons. The quantitative estimate of drug-likeness (QED) is 0.819. The van der Waals surface area contributed by atoms with E-state index in [0.29, 0.717) is 12.2 Å². The van der Waals surface area contributed by atoms with Crippen LogP contribution < -0.4 is 0 Å². The molecule has 2 aliphatic rings. The predicted molar refractivity (Wildman–Crippen MR) is 95.2 cm³/mol. The SMILES string of the molecule is CN(CCCC1CCCC1)C(=O)c1cc(CN2CCC(O)CC2)on1. The van der Waals surface area contributed by atoms with Crippen molar-refractivity contribution in [2.45, 2.75) is 64.0 Å². The number of likely N-dealkylation sites (tertiary alicyclic amines) is 1. The Kier molecular flexibility index (Phi) is 6.48. The van der Waals surface area contributed by atoms with Crippen LogP contribution in [0.25, 0.3) is 0 Å². The predicted octanol–water partition coefficient (Wildman–Crippen LogP) is 2.67. The minimum absolute atomic E-state index is 0.0597. The summed E-state index contributed by atoms with van der Waals surface area (Å²) >= 11 is 0. The lowest BCUT2D eigenvalue weighted by Crippen LogP contribution is -2.35. The van der Waals surface area contributed by atoms with Gasteiger partial charge in [0.1, 0.15) is 0 Å². The fourth-order valence-corrected chi connectivity index (χ4v) is 4.00. The van der Waals surface area contributed by atoms with Crippen LogP contribution in [-0.4, -0.2) is 58.8 Å². The third-order valence-electron chi connectivity index (χ3n) is 5.64. The second-order valence-corrected chi connectivity index (χ2v) is 7.71. The Labute approximate surface area is 150 Å². The Morgan fingerprint density at radius 3 is 2.76 bits per heavy atom. The van der Waals surface area contributed by atoms with Crippen molar-refractivity contribution < 1.29 is 14.4 Å². The molecule has 1 aliphatic carbocycles. The average molecular weight is 349 g/mol. The van der Waals surface area contributed by atoms with E-state index in [1.807, 2.05) is 7.05 Å². The van der Waals surface area contributed by atoms with E-state index >= 15 is 0 Å². The molecule has 1 saturated heterocycles. The molecule has 2 heterocycles. The highest BCUT2D eigenvalue weighted by Gasteiger charge is 2.21. The Bertz CT molecular complexity index is 546. The molecule has 0 atom stereocenters. The van der Waals surface area contributed by atoms with Gasteiger partial charge in [0.15, 0.2) is 11.5 Å². The second-order valence-electron chi connectivity index (χ2n) is 7.71. The van der Waals surface area contributed by atoms with Crippen molar-refractivity contribution in [2.24, 2.45) is 5.92 Å². The van der Waals surface area contributed by atoms with Crippen LogP contribution in [0.1, 0.15) is 67.6 Å². The molecule has 1 aromatic rings. The molecule has 6 heteroatoms. The Morgan fingerprint density at radius 1 is 1.32 bits per heavy atom. The van der Waals surface area contributed by atoms with E-state index in [1.165, 1.54) is 32.1 Å². The molecular formula is C19H31N3O3. The lowest BCUT2D eigenvalue weighted by molar-refractivity contribution is 0.0744. The summed E-state index contributed by atoms with van der Waals surface area (Å²) in [5.74, 6) is 1.53. The number of carbonyl (C=O) groups is 1. The topological polar surface area (TPSA) is 69.8 Å². The molecule has 1 aliphatic heterocycles. The van der Waals surface area contributed by atoms with Crippen molar-refractivity contribution in [2.75, 3.05) is 26.7 Å². The van der Waals surface area contributed by atoms with E-state index in [9.17, 15) is 9.90 Å². The fourth-order valence-electron chi connectivity index (χ4n) is 4.00. The van der Waals surface area contributed by atoms with Crippen LogP contribution in [0.5, 0.6) is 0 Å². The highest BCUT2D eigenvalue weighted by molar-refractivity contribution is 5.92. The van der Waals surface area contributed by atoms with Crippen molar-refractivity contribution >= 4 is 5.91 Å². The van der Waals surface area contributed by atoms with Crippen molar-refractivity contribution in [3.63, 3.8) is 0 Å². The molecule has 0 spiro atoms. The zero-order chi connectivity index (χ0) is 17.6. The molecule has 0 aromatic carbocycles. The highest BCUT2D eigenvalue weighted by atomic mass is 16.5. The lowest BCUT2D eigenvalue weighted by Gasteiger charge is -2.28. The maximum absolute atomic E-state index is 12.5. The van der Waals surface area contributed by atoms with E-state index < -0.39 is 0 Å². The molecule has 1 N–H and O–H groups in total. The van der Waals surface area contributed by atoms with Crippen LogP contribution in [0.3, 0.4) is 0 Å². The number of carbonyl (C=O) groups excluding carboxylic acids is 1. The number of aliphatic hydroxyl groups is 1. The van der Waals surface area contributed by atoms with Crippen LogP contribution in [0, 0.1) is 5.92 Å². The van der Waals surface area contributed by atoms with Gasteiger partial charge in [0, 0.05) is 32.7 Å². The molecule has 0 bridgehead atoms. The average Bonchev–Trinajstić information content (AvgIpc) is 3.28. The summed E-state index contributed by atoms with van der Waals surface area (Å²) in [4.78, 5) is 16.5. The van der Waals surface area contributed by atoms with Gasteiger partial charge in [0.05, 0.1) is 12.6 Å². The first-order valence-corrected chi connectivity index (χ1v) is 9.73. The molecule has 0 unspecified atom stereocenters. The molecule has 1 aromatic heterocycles. The van der Waals surface area contributed by atoms with Gasteiger partial charge in [-0.1, -0.05) is 30.8 Å². The molecule has 6 nitrogen and oxygen atoms in total. The number of aromatic nitrogens is 1. The molecule has 3 rings (SSSR count). The number of hydrogen-bond donors (Lipinski definition) is 1. The van der Waals surface area contributed by atoms with Gasteiger partial charge in [-0.15, -0.1) is 0 Å². The number of nitrogens with zero attached hydrogens (tertiary/aromatic N) is 3. The normalized spacial score (nSPS) is 20.2. The van der Waals surface area contributed by atoms with E-state index in [1.54, 1.807) is 11.0 Å². The fraction of sp³-hybridized carbons (Fsp3) is 0.789. The van der Waals surface area contributed by atoms with E-state index in [4.69, 9.17) is 4.52 Å². The van der Waals surface area contributed by atoms with Gasteiger partial charge in [-0.05, 0) is 31.6 Å². The smallest absolute Gasteiger partial charge is 0.275 e. The first-order chi connectivity index (χ1) is 12.1. The third kappa shape index (κ3) is 5.28. The molecule has 1 saturated carbocycles. The van der Waals surface area contributed by atoms with Crippen LogP contribution in [0.4, 0.5) is 0 Å². The number of rotatable bonds is 7. The van der Waals surface area contributed by atoms with Crippen molar-refractivity contribution in [3.8, 4) is 0 Å². The van der Waals surface area contributed by atoms with Gasteiger partial charge in [-0.3, -0.25) is 9.69 Å². The zero-order valence-electron chi connectivity index (χ0n) is 15.3. The number of amides is 1.